The summed E-state index contributed by atoms with van der Waals surface area (Å²) >= 11 is 0. The summed E-state index contributed by atoms with van der Waals surface area (Å²) in [5.74, 6) is 0.355. The Labute approximate surface area is 94.1 Å². The summed E-state index contributed by atoms with van der Waals surface area (Å²) in [7, 11) is 0. The van der Waals surface area contributed by atoms with Crippen molar-refractivity contribution in [3.63, 3.8) is 0 Å². The lowest BCUT2D eigenvalue weighted by atomic mass is 10.1. The molecule has 0 saturated carbocycles. The van der Waals surface area contributed by atoms with E-state index in [1.807, 2.05) is 18.2 Å². The first-order valence-electron chi connectivity index (χ1n) is 5.52. The molecule has 3 N–H and O–H groups in total. The molecule has 0 spiro atoms. The predicted molar refractivity (Wildman–Crippen MR) is 62.0 cm³/mol. The Hall–Kier alpha value is -1.39. The van der Waals surface area contributed by atoms with Gasteiger partial charge < -0.3 is 15.3 Å². The van der Waals surface area contributed by atoms with Crippen molar-refractivity contribution < 1.29 is 9.52 Å². The van der Waals surface area contributed by atoms with E-state index < -0.39 is 6.10 Å². The molecular weight excluding hydrogens is 204 g/mol. The summed E-state index contributed by atoms with van der Waals surface area (Å²) in [4.78, 5) is 4.27. The van der Waals surface area contributed by atoms with Crippen molar-refractivity contribution in [3.8, 4) is 0 Å². The van der Waals surface area contributed by atoms with E-state index in [0.717, 1.165) is 11.9 Å². The van der Waals surface area contributed by atoms with E-state index in [-0.39, 0.29) is 0 Å². The van der Waals surface area contributed by atoms with Gasteiger partial charge in [-0.2, -0.15) is 0 Å². The standard InChI is InChI=1S/C12H16N2O2/c1-2-8-3-4-11-9(7-8)14-12(16-11)10(15)5-6-13/h3-4,7,10,15H,2,5-6,13H2,1H3. The lowest BCUT2D eigenvalue weighted by Gasteiger charge is -2.01. The number of aromatic nitrogens is 1. The Bertz CT molecular complexity index is 479. The van der Waals surface area contributed by atoms with Gasteiger partial charge in [0.15, 0.2) is 5.58 Å². The van der Waals surface area contributed by atoms with Gasteiger partial charge in [0.1, 0.15) is 11.6 Å². The first kappa shape index (κ1) is 11.1. The summed E-state index contributed by atoms with van der Waals surface area (Å²) in [6.07, 6.45) is 0.721. The minimum atomic E-state index is -0.706. The van der Waals surface area contributed by atoms with Crippen LogP contribution in [0.1, 0.15) is 30.9 Å². The van der Waals surface area contributed by atoms with Gasteiger partial charge in [0.25, 0.3) is 0 Å². The number of fused-ring (bicyclic) bond motifs is 1. The zero-order valence-electron chi connectivity index (χ0n) is 9.31. The molecule has 86 valence electrons. The first-order valence-corrected chi connectivity index (χ1v) is 5.52. The van der Waals surface area contributed by atoms with Gasteiger partial charge in [-0.05, 0) is 37.1 Å². The van der Waals surface area contributed by atoms with Gasteiger partial charge in [0.05, 0.1) is 0 Å². The van der Waals surface area contributed by atoms with Crippen LogP contribution in [0.5, 0.6) is 0 Å². The topological polar surface area (TPSA) is 72.3 Å². The number of hydrogen-bond donors (Lipinski definition) is 2. The average Bonchev–Trinajstić information content (AvgIpc) is 2.71. The van der Waals surface area contributed by atoms with Crippen LogP contribution in [0.25, 0.3) is 11.1 Å². The number of nitrogens with two attached hydrogens (primary N) is 1. The monoisotopic (exact) mass is 220 g/mol. The molecule has 0 bridgehead atoms. The number of aliphatic hydroxyl groups is 1. The molecule has 0 aliphatic rings. The van der Waals surface area contributed by atoms with Crippen molar-refractivity contribution in [2.24, 2.45) is 5.73 Å². The molecule has 1 aromatic carbocycles. The third-order valence-corrected chi connectivity index (χ3v) is 2.60. The van der Waals surface area contributed by atoms with E-state index in [2.05, 4.69) is 11.9 Å². The van der Waals surface area contributed by atoms with Gasteiger partial charge in [-0.3, -0.25) is 0 Å². The summed E-state index contributed by atoms with van der Waals surface area (Å²) in [6.45, 7) is 2.51. The highest BCUT2D eigenvalue weighted by Crippen LogP contribution is 2.22. The highest BCUT2D eigenvalue weighted by atomic mass is 16.4. The molecule has 0 aliphatic carbocycles. The van der Waals surface area contributed by atoms with Gasteiger partial charge in [-0.25, -0.2) is 4.98 Å². The van der Waals surface area contributed by atoms with Crippen LogP contribution in [-0.4, -0.2) is 16.6 Å². The van der Waals surface area contributed by atoms with Crippen LogP contribution in [0.15, 0.2) is 22.6 Å². The van der Waals surface area contributed by atoms with Gasteiger partial charge in [-0.15, -0.1) is 0 Å². The number of nitrogens with zero attached hydrogens (tertiary/aromatic N) is 1. The molecule has 1 atom stereocenters. The van der Waals surface area contributed by atoms with Gasteiger partial charge in [-0.1, -0.05) is 13.0 Å². The fraction of sp³-hybridized carbons (Fsp3) is 0.417. The quantitative estimate of drug-likeness (QED) is 0.823. The highest BCUT2D eigenvalue weighted by molar-refractivity contribution is 5.73. The zero-order chi connectivity index (χ0) is 11.5. The van der Waals surface area contributed by atoms with Crippen LogP contribution in [0.2, 0.25) is 0 Å². The molecule has 4 heteroatoms. The van der Waals surface area contributed by atoms with E-state index >= 15 is 0 Å². The first-order chi connectivity index (χ1) is 7.74. The molecule has 16 heavy (non-hydrogen) atoms. The molecule has 0 fully saturated rings. The van der Waals surface area contributed by atoms with Crippen LogP contribution in [0, 0.1) is 0 Å². The number of rotatable bonds is 4. The Morgan fingerprint density at radius 1 is 1.50 bits per heavy atom. The molecule has 1 unspecified atom stereocenters. The lowest BCUT2D eigenvalue weighted by molar-refractivity contribution is 0.139. The maximum absolute atomic E-state index is 9.71. The number of hydrogen-bond acceptors (Lipinski definition) is 4. The second-order valence-electron chi connectivity index (χ2n) is 3.80. The molecule has 0 radical (unpaired) electrons. The molecule has 0 aliphatic heterocycles. The highest BCUT2D eigenvalue weighted by Gasteiger charge is 2.14. The minimum Gasteiger partial charge on any atom is -0.438 e. The average molecular weight is 220 g/mol. The predicted octanol–water partition coefficient (Wildman–Crippen LogP) is 1.77. The van der Waals surface area contributed by atoms with Crippen molar-refractivity contribution in [2.75, 3.05) is 6.54 Å². The Morgan fingerprint density at radius 3 is 3.00 bits per heavy atom. The summed E-state index contributed by atoms with van der Waals surface area (Å²) in [5, 5.41) is 9.71. The smallest absolute Gasteiger partial charge is 0.224 e. The van der Waals surface area contributed by atoms with E-state index in [9.17, 15) is 5.11 Å². The van der Waals surface area contributed by atoms with Crippen molar-refractivity contribution >= 4 is 11.1 Å². The van der Waals surface area contributed by atoms with Crippen molar-refractivity contribution in [2.45, 2.75) is 25.9 Å². The van der Waals surface area contributed by atoms with Crippen LogP contribution >= 0.6 is 0 Å². The van der Waals surface area contributed by atoms with Crippen LogP contribution in [-0.2, 0) is 6.42 Å². The van der Waals surface area contributed by atoms with Crippen LogP contribution in [0.3, 0.4) is 0 Å². The fourth-order valence-electron chi connectivity index (χ4n) is 1.63. The molecule has 1 aromatic heterocycles. The zero-order valence-corrected chi connectivity index (χ0v) is 9.31. The maximum atomic E-state index is 9.71. The summed E-state index contributed by atoms with van der Waals surface area (Å²) < 4.78 is 5.47. The lowest BCUT2D eigenvalue weighted by Crippen LogP contribution is -2.06. The molecule has 2 aromatic rings. The molecule has 1 heterocycles. The third-order valence-electron chi connectivity index (χ3n) is 2.60. The minimum absolute atomic E-state index is 0.355. The summed E-state index contributed by atoms with van der Waals surface area (Å²) in [5.41, 5.74) is 8.09. The number of aryl methyl sites for hydroxylation is 1. The van der Waals surface area contributed by atoms with Crippen molar-refractivity contribution in [3.05, 3.63) is 29.7 Å². The SMILES string of the molecule is CCc1ccc2oc(C(O)CCN)nc2c1. The van der Waals surface area contributed by atoms with E-state index in [0.29, 0.717) is 24.4 Å². The normalized spacial score (nSPS) is 13.2. The third kappa shape index (κ3) is 2.08. The second kappa shape index (κ2) is 4.63. The van der Waals surface area contributed by atoms with Crippen LogP contribution < -0.4 is 5.73 Å². The second-order valence-corrected chi connectivity index (χ2v) is 3.80. The van der Waals surface area contributed by atoms with Gasteiger partial charge in [0.2, 0.25) is 5.89 Å². The van der Waals surface area contributed by atoms with Gasteiger partial charge >= 0.3 is 0 Å². The van der Waals surface area contributed by atoms with Crippen molar-refractivity contribution in [1.29, 1.82) is 0 Å². The fourth-order valence-corrected chi connectivity index (χ4v) is 1.63. The van der Waals surface area contributed by atoms with Crippen LogP contribution in [0.4, 0.5) is 0 Å². The number of oxazole rings is 1. The van der Waals surface area contributed by atoms with Gasteiger partial charge in [0, 0.05) is 0 Å². The van der Waals surface area contributed by atoms with E-state index in [4.69, 9.17) is 10.2 Å². The molecule has 0 saturated heterocycles. The molecule has 2 rings (SSSR count). The number of benzene rings is 1. The van der Waals surface area contributed by atoms with E-state index in [1.165, 1.54) is 5.56 Å². The van der Waals surface area contributed by atoms with Crippen molar-refractivity contribution in [1.82, 2.24) is 4.98 Å². The summed E-state index contributed by atoms with van der Waals surface area (Å²) in [6, 6.07) is 5.88. The Balaban J connectivity index is 2.35. The number of aliphatic hydroxyl groups excluding tert-OH is 1. The van der Waals surface area contributed by atoms with E-state index in [1.54, 1.807) is 0 Å². The Kier molecular flexibility index (Phi) is 3.22. The molecule has 0 amide bonds. The maximum Gasteiger partial charge on any atom is 0.224 e. The molecular formula is C12H16N2O2. The molecule has 4 nitrogen and oxygen atoms in total. The Morgan fingerprint density at radius 2 is 2.31 bits per heavy atom. The largest absolute Gasteiger partial charge is 0.438 e.